The molecule has 0 aliphatic rings. The molecule has 0 bridgehead atoms. The monoisotopic (exact) mass is 296 g/mol. The minimum absolute atomic E-state index is 0.0564. The fraction of sp³-hybridized carbons (Fsp3) is 0.357. The third kappa shape index (κ3) is 6.03. The van der Waals surface area contributed by atoms with Crippen LogP contribution in [-0.4, -0.2) is 37.5 Å². The zero-order valence-electron chi connectivity index (χ0n) is 11.6. The number of carbonyl (C=O) groups excluding carboxylic acids is 3. The topological polar surface area (TPSA) is 84.5 Å². The standard InChI is InChI=1S/C14H17FN2O4/c1-2-21-13(19)7-8-16-12(18)9-17-14(20)10-5-3-4-6-11(10)15/h3-6H,2,7-9H2,1H3,(H,16,18)(H,17,20). The molecule has 1 aromatic carbocycles. The third-order valence-electron chi connectivity index (χ3n) is 2.48. The largest absolute Gasteiger partial charge is 0.466 e. The Morgan fingerprint density at radius 3 is 2.57 bits per heavy atom. The average molecular weight is 296 g/mol. The van der Waals surface area contributed by atoms with E-state index in [4.69, 9.17) is 4.74 Å². The molecule has 1 rings (SSSR count). The summed E-state index contributed by atoms with van der Waals surface area (Å²) in [6.07, 6.45) is 0.0564. The first-order valence-electron chi connectivity index (χ1n) is 6.49. The molecule has 0 aliphatic carbocycles. The number of halogens is 1. The van der Waals surface area contributed by atoms with Gasteiger partial charge in [-0.1, -0.05) is 12.1 Å². The van der Waals surface area contributed by atoms with Crippen LogP contribution in [0.2, 0.25) is 0 Å². The van der Waals surface area contributed by atoms with E-state index >= 15 is 0 Å². The Hall–Kier alpha value is -2.44. The molecule has 0 aliphatic heterocycles. The maximum absolute atomic E-state index is 13.3. The van der Waals surface area contributed by atoms with Crippen LogP contribution >= 0.6 is 0 Å². The number of esters is 1. The summed E-state index contributed by atoms with van der Waals surface area (Å²) in [7, 11) is 0. The van der Waals surface area contributed by atoms with Crippen LogP contribution in [0.3, 0.4) is 0 Å². The lowest BCUT2D eigenvalue weighted by Gasteiger charge is -2.07. The molecule has 0 radical (unpaired) electrons. The predicted octanol–water partition coefficient (Wildman–Crippen LogP) is 0.625. The fourth-order valence-electron chi connectivity index (χ4n) is 1.50. The van der Waals surface area contributed by atoms with E-state index in [-0.39, 0.29) is 31.7 Å². The van der Waals surface area contributed by atoms with Gasteiger partial charge < -0.3 is 15.4 Å². The van der Waals surface area contributed by atoms with Crippen LogP contribution in [0.25, 0.3) is 0 Å². The van der Waals surface area contributed by atoms with Crippen molar-refractivity contribution in [2.75, 3.05) is 19.7 Å². The maximum Gasteiger partial charge on any atom is 0.307 e. The van der Waals surface area contributed by atoms with E-state index in [1.54, 1.807) is 6.92 Å². The minimum Gasteiger partial charge on any atom is -0.466 e. The summed E-state index contributed by atoms with van der Waals surface area (Å²) in [5.41, 5.74) is -0.128. The molecule has 0 heterocycles. The number of benzene rings is 1. The number of hydrogen-bond acceptors (Lipinski definition) is 4. The number of carbonyl (C=O) groups is 3. The number of rotatable bonds is 7. The molecule has 0 fully saturated rings. The summed E-state index contributed by atoms with van der Waals surface area (Å²) in [5.74, 6) is -2.21. The first-order valence-corrected chi connectivity index (χ1v) is 6.49. The summed E-state index contributed by atoms with van der Waals surface area (Å²) in [4.78, 5) is 34.1. The zero-order valence-corrected chi connectivity index (χ0v) is 11.6. The molecule has 2 N–H and O–H groups in total. The number of amides is 2. The summed E-state index contributed by atoms with van der Waals surface area (Å²) >= 11 is 0. The molecule has 1 aromatic rings. The highest BCUT2D eigenvalue weighted by molar-refractivity contribution is 5.96. The van der Waals surface area contributed by atoms with Gasteiger partial charge in [0.25, 0.3) is 5.91 Å². The quantitative estimate of drug-likeness (QED) is 0.723. The molecule has 2 amide bonds. The second kappa shape index (κ2) is 8.68. The molecule has 6 nitrogen and oxygen atoms in total. The molecule has 0 aromatic heterocycles. The Kier molecular flexibility index (Phi) is 6.86. The highest BCUT2D eigenvalue weighted by atomic mass is 19.1. The van der Waals surface area contributed by atoms with Gasteiger partial charge in [0.1, 0.15) is 5.82 Å². The van der Waals surface area contributed by atoms with E-state index in [0.29, 0.717) is 0 Å². The Morgan fingerprint density at radius 1 is 1.19 bits per heavy atom. The van der Waals surface area contributed by atoms with Crippen LogP contribution in [0.15, 0.2) is 24.3 Å². The van der Waals surface area contributed by atoms with Gasteiger partial charge in [-0.25, -0.2) is 4.39 Å². The van der Waals surface area contributed by atoms with Crippen LogP contribution < -0.4 is 10.6 Å². The Morgan fingerprint density at radius 2 is 1.90 bits per heavy atom. The number of hydrogen-bond donors (Lipinski definition) is 2. The van der Waals surface area contributed by atoms with Crippen LogP contribution in [0.1, 0.15) is 23.7 Å². The van der Waals surface area contributed by atoms with Gasteiger partial charge in [0.15, 0.2) is 0 Å². The molecule has 0 saturated heterocycles. The van der Waals surface area contributed by atoms with E-state index in [1.165, 1.54) is 18.2 Å². The van der Waals surface area contributed by atoms with Crippen molar-refractivity contribution < 1.29 is 23.5 Å². The average Bonchev–Trinajstić information content (AvgIpc) is 2.45. The van der Waals surface area contributed by atoms with E-state index in [9.17, 15) is 18.8 Å². The van der Waals surface area contributed by atoms with Gasteiger partial charge in [0.05, 0.1) is 25.1 Å². The molecule has 21 heavy (non-hydrogen) atoms. The van der Waals surface area contributed by atoms with Gasteiger partial charge in [0.2, 0.25) is 5.91 Å². The summed E-state index contributed by atoms with van der Waals surface area (Å²) in [5, 5.41) is 4.74. The van der Waals surface area contributed by atoms with E-state index in [2.05, 4.69) is 10.6 Å². The first-order chi connectivity index (χ1) is 10.0. The lowest BCUT2D eigenvalue weighted by molar-refractivity contribution is -0.143. The van der Waals surface area contributed by atoms with Gasteiger partial charge in [0, 0.05) is 6.54 Å². The second-order valence-corrected chi connectivity index (χ2v) is 4.07. The predicted molar refractivity (Wildman–Crippen MR) is 73.0 cm³/mol. The molecule has 0 atom stereocenters. The van der Waals surface area contributed by atoms with Crippen LogP contribution in [-0.2, 0) is 14.3 Å². The van der Waals surface area contributed by atoms with Crippen molar-refractivity contribution in [2.24, 2.45) is 0 Å². The maximum atomic E-state index is 13.3. The Bertz CT molecular complexity index is 519. The Balaban J connectivity index is 2.29. The highest BCUT2D eigenvalue weighted by Crippen LogP contribution is 2.05. The lowest BCUT2D eigenvalue weighted by Crippen LogP contribution is -2.38. The van der Waals surface area contributed by atoms with E-state index < -0.39 is 23.6 Å². The van der Waals surface area contributed by atoms with Crippen molar-refractivity contribution in [1.82, 2.24) is 10.6 Å². The van der Waals surface area contributed by atoms with Gasteiger partial charge in [-0.2, -0.15) is 0 Å². The van der Waals surface area contributed by atoms with Crippen molar-refractivity contribution in [3.63, 3.8) is 0 Å². The molecule has 0 saturated carbocycles. The normalized spacial score (nSPS) is 9.81. The van der Waals surface area contributed by atoms with Crippen molar-refractivity contribution in [3.8, 4) is 0 Å². The first kappa shape index (κ1) is 16.6. The SMILES string of the molecule is CCOC(=O)CCNC(=O)CNC(=O)c1ccccc1F. The van der Waals surface area contributed by atoms with Gasteiger partial charge in [-0.3, -0.25) is 14.4 Å². The van der Waals surface area contributed by atoms with Gasteiger partial charge in [-0.05, 0) is 19.1 Å². The van der Waals surface area contributed by atoms with Crippen LogP contribution in [0.5, 0.6) is 0 Å². The number of nitrogens with one attached hydrogen (secondary N) is 2. The van der Waals surface area contributed by atoms with Crippen LogP contribution in [0.4, 0.5) is 4.39 Å². The van der Waals surface area contributed by atoms with Crippen molar-refractivity contribution in [3.05, 3.63) is 35.6 Å². The molecular weight excluding hydrogens is 279 g/mol. The van der Waals surface area contributed by atoms with Crippen molar-refractivity contribution in [2.45, 2.75) is 13.3 Å². The van der Waals surface area contributed by atoms with E-state index in [1.807, 2.05) is 0 Å². The highest BCUT2D eigenvalue weighted by Gasteiger charge is 2.12. The summed E-state index contributed by atoms with van der Waals surface area (Å²) < 4.78 is 18.0. The zero-order chi connectivity index (χ0) is 15.7. The summed E-state index contributed by atoms with van der Waals surface area (Å²) in [6.45, 7) is 1.80. The molecular formula is C14H17FN2O4. The van der Waals surface area contributed by atoms with Crippen molar-refractivity contribution >= 4 is 17.8 Å². The fourth-order valence-corrected chi connectivity index (χ4v) is 1.50. The molecule has 0 spiro atoms. The van der Waals surface area contributed by atoms with Gasteiger partial charge >= 0.3 is 5.97 Å². The number of ether oxygens (including phenoxy) is 1. The Labute approximate surface area is 121 Å². The summed E-state index contributed by atoms with van der Waals surface area (Å²) in [6, 6.07) is 5.48. The second-order valence-electron chi connectivity index (χ2n) is 4.07. The van der Waals surface area contributed by atoms with Gasteiger partial charge in [-0.15, -0.1) is 0 Å². The molecule has 0 unspecified atom stereocenters. The van der Waals surface area contributed by atoms with Crippen LogP contribution in [0, 0.1) is 5.82 Å². The smallest absolute Gasteiger partial charge is 0.307 e. The minimum atomic E-state index is -0.673. The lowest BCUT2D eigenvalue weighted by atomic mass is 10.2. The molecule has 7 heteroatoms. The molecule has 114 valence electrons. The van der Waals surface area contributed by atoms with Crippen molar-refractivity contribution in [1.29, 1.82) is 0 Å². The third-order valence-corrected chi connectivity index (χ3v) is 2.48. The van der Waals surface area contributed by atoms with E-state index in [0.717, 1.165) is 6.07 Å².